The maximum absolute atomic E-state index is 13.8. The Labute approximate surface area is 260 Å². The first-order chi connectivity index (χ1) is 21.3. The lowest BCUT2D eigenvalue weighted by molar-refractivity contribution is -0.142. The number of hydrogen-bond donors (Lipinski definition) is 1. The minimum absolute atomic E-state index is 0.144. The Kier molecular flexibility index (Phi) is 12.2. The molecule has 11 heteroatoms. The smallest absolute Gasteiger partial charge is 0.261 e. The summed E-state index contributed by atoms with van der Waals surface area (Å²) in [7, 11) is -2.07. The van der Waals surface area contributed by atoms with Crippen LogP contribution in [0.2, 0.25) is 0 Å². The summed E-state index contributed by atoms with van der Waals surface area (Å²) in [5, 5.41) is 3.00. The van der Waals surface area contributed by atoms with Crippen molar-refractivity contribution in [2.24, 2.45) is 0 Å². The number of methoxy groups -OCH3 is 1. The second-order valence-electron chi connectivity index (χ2n) is 10.5. The quantitative estimate of drug-likeness (QED) is 0.257. The van der Waals surface area contributed by atoms with E-state index in [1.165, 1.54) is 28.6 Å². The highest BCUT2D eigenvalue weighted by Gasteiger charge is 2.31. The molecule has 1 saturated heterocycles. The van der Waals surface area contributed by atoms with E-state index in [-0.39, 0.29) is 29.9 Å². The Balaban J connectivity index is 1.54. The lowest BCUT2D eigenvalue weighted by atomic mass is 10.0. The number of hydrogen-bond acceptors (Lipinski definition) is 7. The topological polar surface area (TPSA) is 114 Å². The molecular weight excluding hydrogens is 582 g/mol. The predicted molar refractivity (Wildman–Crippen MR) is 167 cm³/mol. The molecule has 3 aromatic carbocycles. The van der Waals surface area contributed by atoms with Crippen molar-refractivity contribution in [3.63, 3.8) is 0 Å². The van der Waals surface area contributed by atoms with Crippen LogP contribution in [-0.4, -0.2) is 82.0 Å². The van der Waals surface area contributed by atoms with Crippen LogP contribution in [-0.2, 0) is 37.3 Å². The second kappa shape index (κ2) is 16.2. The zero-order valence-electron chi connectivity index (χ0n) is 25.3. The highest BCUT2D eigenvalue weighted by atomic mass is 32.2. The summed E-state index contributed by atoms with van der Waals surface area (Å²) in [6.45, 7) is 3.73. The van der Waals surface area contributed by atoms with E-state index in [2.05, 4.69) is 12.2 Å². The molecule has 0 unspecified atom stereocenters. The van der Waals surface area contributed by atoms with Crippen LogP contribution in [0.5, 0.6) is 11.5 Å². The van der Waals surface area contributed by atoms with E-state index in [4.69, 9.17) is 14.2 Å². The minimum atomic E-state index is -3.65. The average molecular weight is 624 g/mol. The zero-order valence-corrected chi connectivity index (χ0v) is 26.1. The minimum Gasteiger partial charge on any atom is -0.497 e. The van der Waals surface area contributed by atoms with Gasteiger partial charge in [-0.15, -0.1) is 0 Å². The standard InChI is InChI=1S/C33H41N3O7S/c1-3-4-18-34-33(38)31(23-26-8-6-5-7-9-26)36(24-27-10-12-28(41-2)13-11-27)32(37)25-43-29-14-16-30(17-15-29)44(39,40)35-19-21-42-22-20-35/h5-17,31H,3-4,18-25H2,1-2H3,(H,34,38)/t31-/m1/s1. The molecule has 1 fully saturated rings. The molecule has 0 bridgehead atoms. The summed E-state index contributed by atoms with van der Waals surface area (Å²) in [4.78, 5) is 29.1. The number of benzene rings is 3. The van der Waals surface area contributed by atoms with E-state index in [1.54, 1.807) is 12.0 Å². The van der Waals surface area contributed by atoms with Crippen LogP contribution in [0.1, 0.15) is 30.9 Å². The number of nitrogens with zero attached hydrogens (tertiary/aromatic N) is 2. The third kappa shape index (κ3) is 9.04. The van der Waals surface area contributed by atoms with Gasteiger partial charge in [0.2, 0.25) is 15.9 Å². The SMILES string of the molecule is CCCCNC(=O)[C@@H](Cc1ccccc1)N(Cc1ccc(OC)cc1)C(=O)COc1ccc(S(=O)(=O)N2CCOCC2)cc1. The van der Waals surface area contributed by atoms with Gasteiger partial charge in [0.25, 0.3) is 5.91 Å². The van der Waals surface area contributed by atoms with Gasteiger partial charge >= 0.3 is 0 Å². The van der Waals surface area contributed by atoms with Crippen LogP contribution in [0, 0.1) is 0 Å². The molecule has 1 aliphatic heterocycles. The molecule has 0 aliphatic carbocycles. The molecule has 3 aromatic rings. The normalized spacial score (nSPS) is 14.4. The van der Waals surface area contributed by atoms with Gasteiger partial charge in [-0.3, -0.25) is 9.59 Å². The van der Waals surface area contributed by atoms with Gasteiger partial charge < -0.3 is 24.4 Å². The van der Waals surface area contributed by atoms with E-state index < -0.39 is 16.1 Å². The van der Waals surface area contributed by atoms with Crippen molar-refractivity contribution in [1.29, 1.82) is 0 Å². The lowest BCUT2D eigenvalue weighted by Crippen LogP contribution is -2.51. The fraction of sp³-hybridized carbons (Fsp3) is 0.394. The largest absolute Gasteiger partial charge is 0.497 e. The van der Waals surface area contributed by atoms with Gasteiger partial charge in [-0.1, -0.05) is 55.8 Å². The monoisotopic (exact) mass is 623 g/mol. The van der Waals surface area contributed by atoms with Crippen molar-refractivity contribution < 1.29 is 32.2 Å². The van der Waals surface area contributed by atoms with Crippen LogP contribution in [0.3, 0.4) is 0 Å². The maximum Gasteiger partial charge on any atom is 0.261 e. The highest BCUT2D eigenvalue weighted by Crippen LogP contribution is 2.22. The average Bonchev–Trinajstić information content (AvgIpc) is 3.06. The van der Waals surface area contributed by atoms with Gasteiger partial charge in [0.15, 0.2) is 6.61 Å². The third-order valence-electron chi connectivity index (χ3n) is 7.41. The maximum atomic E-state index is 13.8. The molecule has 10 nitrogen and oxygen atoms in total. The van der Waals surface area contributed by atoms with Crippen LogP contribution in [0.25, 0.3) is 0 Å². The van der Waals surface area contributed by atoms with E-state index in [0.29, 0.717) is 50.8 Å². The molecule has 4 rings (SSSR count). The van der Waals surface area contributed by atoms with Gasteiger partial charge in [0.05, 0.1) is 25.2 Å². The van der Waals surface area contributed by atoms with Crippen molar-refractivity contribution in [2.75, 3.05) is 46.6 Å². The van der Waals surface area contributed by atoms with Crippen LogP contribution >= 0.6 is 0 Å². The van der Waals surface area contributed by atoms with Crippen molar-refractivity contribution in [3.05, 3.63) is 90.0 Å². The van der Waals surface area contributed by atoms with Gasteiger partial charge in [-0.05, 0) is 53.9 Å². The van der Waals surface area contributed by atoms with Crippen molar-refractivity contribution in [1.82, 2.24) is 14.5 Å². The lowest BCUT2D eigenvalue weighted by Gasteiger charge is -2.31. The summed E-state index contributed by atoms with van der Waals surface area (Å²) in [5.74, 6) is 0.419. The van der Waals surface area contributed by atoms with E-state index in [0.717, 1.165) is 24.0 Å². The Morgan fingerprint density at radius 1 is 0.932 bits per heavy atom. The number of nitrogens with one attached hydrogen (secondary N) is 1. The number of ether oxygens (including phenoxy) is 3. The molecule has 0 radical (unpaired) electrons. The van der Waals surface area contributed by atoms with Crippen molar-refractivity contribution >= 4 is 21.8 Å². The molecule has 236 valence electrons. The molecule has 2 amide bonds. The summed E-state index contributed by atoms with van der Waals surface area (Å²) in [5.41, 5.74) is 1.75. The molecule has 1 aliphatic rings. The molecule has 1 heterocycles. The van der Waals surface area contributed by atoms with Gasteiger partial charge in [-0.25, -0.2) is 8.42 Å². The zero-order chi connectivity index (χ0) is 31.4. The first-order valence-electron chi connectivity index (χ1n) is 14.9. The van der Waals surface area contributed by atoms with E-state index >= 15 is 0 Å². The fourth-order valence-electron chi connectivity index (χ4n) is 4.86. The molecule has 0 saturated carbocycles. The second-order valence-corrected chi connectivity index (χ2v) is 12.4. The fourth-order valence-corrected chi connectivity index (χ4v) is 6.27. The number of amides is 2. The molecule has 0 aromatic heterocycles. The molecule has 0 spiro atoms. The highest BCUT2D eigenvalue weighted by molar-refractivity contribution is 7.89. The van der Waals surface area contributed by atoms with E-state index in [1.807, 2.05) is 54.6 Å². The van der Waals surface area contributed by atoms with Crippen molar-refractivity contribution in [3.8, 4) is 11.5 Å². The molecule has 44 heavy (non-hydrogen) atoms. The number of carbonyl (C=O) groups is 2. The first-order valence-corrected chi connectivity index (χ1v) is 16.3. The number of sulfonamides is 1. The number of unbranched alkanes of at least 4 members (excludes halogenated alkanes) is 1. The first kappa shape index (κ1) is 33.0. The predicted octanol–water partition coefficient (Wildman–Crippen LogP) is 3.65. The van der Waals surface area contributed by atoms with Crippen molar-refractivity contribution in [2.45, 2.75) is 43.7 Å². The van der Waals surface area contributed by atoms with Crippen LogP contribution < -0.4 is 14.8 Å². The molecule has 1 N–H and O–H groups in total. The number of morpholine rings is 1. The summed E-state index contributed by atoms with van der Waals surface area (Å²) in [6.07, 6.45) is 2.09. The molecule has 1 atom stereocenters. The number of rotatable bonds is 15. The van der Waals surface area contributed by atoms with Gasteiger partial charge in [0.1, 0.15) is 17.5 Å². The summed E-state index contributed by atoms with van der Waals surface area (Å²) in [6, 6.07) is 22.2. The van der Waals surface area contributed by atoms with Crippen LogP contribution in [0.15, 0.2) is 83.8 Å². The van der Waals surface area contributed by atoms with Crippen LogP contribution in [0.4, 0.5) is 0 Å². The van der Waals surface area contributed by atoms with Gasteiger partial charge in [0, 0.05) is 32.6 Å². The Morgan fingerprint density at radius 2 is 1.59 bits per heavy atom. The Bertz CT molecular complexity index is 1440. The summed E-state index contributed by atoms with van der Waals surface area (Å²) >= 11 is 0. The third-order valence-corrected chi connectivity index (χ3v) is 9.32. The number of carbonyl (C=O) groups excluding carboxylic acids is 2. The van der Waals surface area contributed by atoms with E-state index in [9.17, 15) is 18.0 Å². The Hall–Kier alpha value is -3.93. The Morgan fingerprint density at radius 3 is 2.23 bits per heavy atom. The molecular formula is C33H41N3O7S. The summed E-state index contributed by atoms with van der Waals surface area (Å²) < 4.78 is 43.7. The van der Waals surface area contributed by atoms with Gasteiger partial charge in [-0.2, -0.15) is 4.31 Å².